The zero-order chi connectivity index (χ0) is 16.8. The standard InChI is InChI=1S/C18H28N2O3/c1-12-16(18(22)23-3)13(2)20-17(12)15(21)11-19-14-9-7-5-4-6-8-10-14/h14,19-20H,4-11H2,1-3H3. The highest BCUT2D eigenvalue weighted by Crippen LogP contribution is 2.20. The summed E-state index contributed by atoms with van der Waals surface area (Å²) >= 11 is 0. The molecule has 5 heteroatoms. The monoisotopic (exact) mass is 320 g/mol. The van der Waals surface area contributed by atoms with E-state index in [1.54, 1.807) is 13.8 Å². The lowest BCUT2D eigenvalue weighted by Crippen LogP contribution is -2.34. The van der Waals surface area contributed by atoms with E-state index in [0.29, 0.717) is 35.1 Å². The molecule has 0 spiro atoms. The molecule has 1 aliphatic carbocycles. The second-order valence-electron chi connectivity index (χ2n) is 6.46. The molecule has 1 aromatic rings. The van der Waals surface area contributed by atoms with Crippen LogP contribution >= 0.6 is 0 Å². The third-order valence-electron chi connectivity index (χ3n) is 4.76. The molecule has 0 unspecified atom stereocenters. The van der Waals surface area contributed by atoms with Crippen LogP contribution in [0, 0.1) is 13.8 Å². The zero-order valence-corrected chi connectivity index (χ0v) is 14.5. The number of nitrogens with one attached hydrogen (secondary N) is 2. The van der Waals surface area contributed by atoms with Crippen LogP contribution in [0.3, 0.4) is 0 Å². The summed E-state index contributed by atoms with van der Waals surface area (Å²) in [6, 6.07) is 0.427. The first-order valence-electron chi connectivity index (χ1n) is 8.58. The summed E-state index contributed by atoms with van der Waals surface area (Å²) in [6.45, 7) is 3.89. The Kier molecular flexibility index (Phi) is 6.39. The van der Waals surface area contributed by atoms with Crippen molar-refractivity contribution in [3.05, 3.63) is 22.5 Å². The van der Waals surface area contributed by atoms with Crippen LogP contribution in [0.25, 0.3) is 0 Å². The number of carbonyl (C=O) groups is 2. The first-order chi connectivity index (χ1) is 11.0. The van der Waals surface area contributed by atoms with E-state index < -0.39 is 5.97 Å². The number of methoxy groups -OCH3 is 1. The van der Waals surface area contributed by atoms with Crippen molar-refractivity contribution in [3.63, 3.8) is 0 Å². The van der Waals surface area contributed by atoms with Gasteiger partial charge in [-0.2, -0.15) is 0 Å². The summed E-state index contributed by atoms with van der Waals surface area (Å²) in [6.07, 6.45) is 8.68. The van der Waals surface area contributed by atoms with Gasteiger partial charge in [0.2, 0.25) is 0 Å². The van der Waals surface area contributed by atoms with Gasteiger partial charge in [-0.3, -0.25) is 4.79 Å². The molecule has 0 amide bonds. The average Bonchev–Trinajstić information content (AvgIpc) is 2.80. The Labute approximate surface area is 138 Å². The van der Waals surface area contributed by atoms with Crippen LogP contribution in [0.15, 0.2) is 0 Å². The molecular weight excluding hydrogens is 292 g/mol. The minimum Gasteiger partial charge on any atom is -0.465 e. The first-order valence-corrected chi connectivity index (χ1v) is 8.58. The van der Waals surface area contributed by atoms with Gasteiger partial charge in [0.25, 0.3) is 0 Å². The Balaban J connectivity index is 1.99. The topological polar surface area (TPSA) is 71.2 Å². The number of hydrogen-bond donors (Lipinski definition) is 2. The Bertz CT molecular complexity index is 555. The van der Waals surface area contributed by atoms with Crippen LogP contribution in [0.1, 0.15) is 77.0 Å². The second-order valence-corrected chi connectivity index (χ2v) is 6.46. The molecule has 0 saturated heterocycles. The molecule has 1 saturated carbocycles. The molecule has 0 atom stereocenters. The van der Waals surface area contributed by atoms with Gasteiger partial charge in [-0.1, -0.05) is 32.1 Å². The normalized spacial score (nSPS) is 16.7. The van der Waals surface area contributed by atoms with Crippen LogP contribution in [-0.4, -0.2) is 36.4 Å². The summed E-state index contributed by atoms with van der Waals surface area (Å²) < 4.78 is 4.79. The Morgan fingerprint density at radius 2 is 1.74 bits per heavy atom. The molecule has 1 aromatic heterocycles. The van der Waals surface area contributed by atoms with E-state index in [0.717, 1.165) is 12.8 Å². The summed E-state index contributed by atoms with van der Waals surface area (Å²) in [7, 11) is 1.35. The zero-order valence-electron chi connectivity index (χ0n) is 14.5. The molecular formula is C18H28N2O3. The van der Waals surface area contributed by atoms with E-state index in [1.807, 2.05) is 0 Å². The number of aromatic amines is 1. The SMILES string of the molecule is COC(=O)c1c(C)[nH]c(C(=O)CNC2CCCCCCC2)c1C. The van der Waals surface area contributed by atoms with E-state index in [-0.39, 0.29) is 5.78 Å². The average molecular weight is 320 g/mol. The fourth-order valence-electron chi connectivity index (χ4n) is 3.42. The molecule has 2 N–H and O–H groups in total. The van der Waals surface area contributed by atoms with Crippen molar-refractivity contribution in [2.45, 2.75) is 64.8 Å². The van der Waals surface area contributed by atoms with Crippen LogP contribution in [0.5, 0.6) is 0 Å². The highest BCUT2D eigenvalue weighted by atomic mass is 16.5. The number of carbonyl (C=O) groups excluding carboxylic acids is 2. The molecule has 1 fully saturated rings. The third kappa shape index (κ3) is 4.44. The smallest absolute Gasteiger partial charge is 0.339 e. The van der Waals surface area contributed by atoms with Crippen LogP contribution in [-0.2, 0) is 4.74 Å². The largest absolute Gasteiger partial charge is 0.465 e. The molecule has 0 radical (unpaired) electrons. The van der Waals surface area contributed by atoms with Crippen LogP contribution in [0.2, 0.25) is 0 Å². The van der Waals surface area contributed by atoms with Gasteiger partial charge in [-0.15, -0.1) is 0 Å². The van der Waals surface area contributed by atoms with E-state index in [1.165, 1.54) is 39.2 Å². The maximum absolute atomic E-state index is 12.5. The van der Waals surface area contributed by atoms with E-state index in [2.05, 4.69) is 10.3 Å². The molecule has 2 rings (SSSR count). The van der Waals surface area contributed by atoms with Crippen molar-refractivity contribution in [1.29, 1.82) is 0 Å². The summed E-state index contributed by atoms with van der Waals surface area (Å²) in [4.78, 5) is 27.3. The van der Waals surface area contributed by atoms with Crippen molar-refractivity contribution >= 4 is 11.8 Å². The maximum atomic E-state index is 12.5. The number of Topliss-reactive ketones (excluding diaryl/α,β-unsaturated/α-hetero) is 1. The predicted octanol–water partition coefficient (Wildman–Crippen LogP) is 3.30. The van der Waals surface area contributed by atoms with Crippen molar-refractivity contribution < 1.29 is 14.3 Å². The third-order valence-corrected chi connectivity index (χ3v) is 4.76. The lowest BCUT2D eigenvalue weighted by atomic mass is 9.96. The summed E-state index contributed by atoms with van der Waals surface area (Å²) in [5.74, 6) is -0.397. The van der Waals surface area contributed by atoms with Gasteiger partial charge < -0.3 is 15.0 Å². The molecule has 0 aromatic carbocycles. The quantitative estimate of drug-likeness (QED) is 0.645. The molecule has 128 valence electrons. The van der Waals surface area contributed by atoms with Gasteiger partial charge in [0.1, 0.15) is 0 Å². The van der Waals surface area contributed by atoms with Crippen molar-refractivity contribution in [1.82, 2.24) is 10.3 Å². The number of rotatable bonds is 5. The number of hydrogen-bond acceptors (Lipinski definition) is 4. The second kappa shape index (κ2) is 8.29. The molecule has 0 bridgehead atoms. The van der Waals surface area contributed by atoms with E-state index in [9.17, 15) is 9.59 Å². The van der Waals surface area contributed by atoms with E-state index >= 15 is 0 Å². The molecule has 1 aliphatic rings. The number of aromatic nitrogens is 1. The lowest BCUT2D eigenvalue weighted by molar-refractivity contribution is 0.0599. The van der Waals surface area contributed by atoms with Gasteiger partial charge in [0.05, 0.1) is 24.9 Å². The number of aryl methyl sites for hydroxylation is 1. The van der Waals surface area contributed by atoms with Gasteiger partial charge in [-0.25, -0.2) is 4.79 Å². The molecule has 23 heavy (non-hydrogen) atoms. The van der Waals surface area contributed by atoms with Crippen LogP contribution in [0.4, 0.5) is 0 Å². The first kappa shape index (κ1) is 17.7. The molecule has 1 heterocycles. The highest BCUT2D eigenvalue weighted by molar-refractivity contribution is 6.02. The van der Waals surface area contributed by atoms with Crippen molar-refractivity contribution in [2.24, 2.45) is 0 Å². The summed E-state index contributed by atoms with van der Waals surface area (Å²) in [5.41, 5.74) is 2.35. The van der Waals surface area contributed by atoms with E-state index in [4.69, 9.17) is 4.74 Å². The Hall–Kier alpha value is -1.62. The molecule has 5 nitrogen and oxygen atoms in total. The number of ketones is 1. The highest BCUT2D eigenvalue weighted by Gasteiger charge is 2.22. The van der Waals surface area contributed by atoms with Crippen molar-refractivity contribution in [2.75, 3.05) is 13.7 Å². The fraction of sp³-hybridized carbons (Fsp3) is 0.667. The van der Waals surface area contributed by atoms with Gasteiger partial charge in [0, 0.05) is 11.7 Å². The van der Waals surface area contributed by atoms with Crippen LogP contribution < -0.4 is 5.32 Å². The number of ether oxygens (including phenoxy) is 1. The minimum absolute atomic E-state index is 0.00260. The van der Waals surface area contributed by atoms with Gasteiger partial charge in [0.15, 0.2) is 5.78 Å². The van der Waals surface area contributed by atoms with Crippen molar-refractivity contribution in [3.8, 4) is 0 Å². The predicted molar refractivity (Wildman–Crippen MR) is 90.0 cm³/mol. The number of esters is 1. The number of H-pyrrole nitrogens is 1. The Morgan fingerprint density at radius 1 is 1.13 bits per heavy atom. The van der Waals surface area contributed by atoms with Gasteiger partial charge in [-0.05, 0) is 32.3 Å². The fourth-order valence-corrected chi connectivity index (χ4v) is 3.42. The maximum Gasteiger partial charge on any atom is 0.339 e. The Morgan fingerprint density at radius 3 is 2.35 bits per heavy atom. The summed E-state index contributed by atoms with van der Waals surface area (Å²) in [5, 5.41) is 3.40. The minimum atomic E-state index is -0.400. The van der Waals surface area contributed by atoms with Gasteiger partial charge >= 0.3 is 5.97 Å². The lowest BCUT2D eigenvalue weighted by Gasteiger charge is -2.20. The molecule has 0 aliphatic heterocycles.